The monoisotopic (exact) mass is 264 g/mol. The molecule has 1 aromatic carbocycles. The molecule has 4 nitrogen and oxygen atoms in total. The van der Waals surface area contributed by atoms with Crippen molar-refractivity contribution in [1.82, 2.24) is 4.90 Å². The van der Waals surface area contributed by atoms with Gasteiger partial charge in [-0.1, -0.05) is 6.07 Å². The second-order valence-electron chi connectivity index (χ2n) is 5.38. The van der Waals surface area contributed by atoms with Gasteiger partial charge in [0.05, 0.1) is 14.2 Å². The standard InChI is InChI=1S/C15H24N2O2/c1-10-5-12(15(19-4)14(6-10)18-3)13-7-11(8-16)9-17(13)2/h5-6,11,13H,7-9,16H2,1-4H3. The van der Waals surface area contributed by atoms with E-state index in [1.165, 1.54) is 11.1 Å². The van der Waals surface area contributed by atoms with Gasteiger partial charge in [0.1, 0.15) is 0 Å². The molecule has 0 saturated carbocycles. The van der Waals surface area contributed by atoms with Crippen LogP contribution in [0.5, 0.6) is 11.5 Å². The predicted octanol–water partition coefficient (Wildman–Crippen LogP) is 1.96. The third kappa shape index (κ3) is 2.69. The van der Waals surface area contributed by atoms with E-state index in [-0.39, 0.29) is 0 Å². The number of methoxy groups -OCH3 is 2. The van der Waals surface area contributed by atoms with Gasteiger partial charge in [-0.15, -0.1) is 0 Å². The lowest BCUT2D eigenvalue weighted by molar-refractivity contribution is 0.296. The highest BCUT2D eigenvalue weighted by molar-refractivity contribution is 5.51. The highest BCUT2D eigenvalue weighted by atomic mass is 16.5. The minimum Gasteiger partial charge on any atom is -0.493 e. The summed E-state index contributed by atoms with van der Waals surface area (Å²) in [7, 11) is 5.53. The number of aryl methyl sites for hydroxylation is 1. The summed E-state index contributed by atoms with van der Waals surface area (Å²) in [6.45, 7) is 3.87. The first kappa shape index (κ1) is 14.2. The minimum absolute atomic E-state index is 0.359. The maximum atomic E-state index is 5.81. The van der Waals surface area contributed by atoms with Crippen molar-refractivity contribution in [3.05, 3.63) is 23.3 Å². The molecule has 1 fully saturated rings. The third-order valence-electron chi connectivity index (χ3n) is 3.98. The first-order valence-corrected chi connectivity index (χ1v) is 6.73. The maximum Gasteiger partial charge on any atom is 0.165 e. The molecule has 1 aliphatic rings. The Morgan fingerprint density at radius 1 is 1.32 bits per heavy atom. The lowest BCUT2D eigenvalue weighted by Crippen LogP contribution is -2.21. The molecule has 0 radical (unpaired) electrons. The molecule has 1 heterocycles. The van der Waals surface area contributed by atoms with Crippen molar-refractivity contribution >= 4 is 0 Å². The van der Waals surface area contributed by atoms with E-state index in [0.29, 0.717) is 12.0 Å². The van der Waals surface area contributed by atoms with Gasteiger partial charge in [-0.25, -0.2) is 0 Å². The fourth-order valence-electron chi connectivity index (χ4n) is 3.02. The zero-order valence-corrected chi connectivity index (χ0v) is 12.3. The Bertz CT molecular complexity index is 448. The number of likely N-dealkylation sites (tertiary alicyclic amines) is 1. The molecule has 0 bridgehead atoms. The van der Waals surface area contributed by atoms with Gasteiger partial charge in [0.2, 0.25) is 0 Å². The smallest absolute Gasteiger partial charge is 0.165 e. The fourth-order valence-corrected chi connectivity index (χ4v) is 3.02. The highest BCUT2D eigenvalue weighted by Crippen LogP contribution is 2.42. The molecule has 0 aliphatic carbocycles. The first-order chi connectivity index (χ1) is 9.10. The highest BCUT2D eigenvalue weighted by Gasteiger charge is 2.32. The summed E-state index contributed by atoms with van der Waals surface area (Å²) in [5, 5.41) is 0. The van der Waals surface area contributed by atoms with Crippen LogP contribution >= 0.6 is 0 Å². The Kier molecular flexibility index (Phi) is 4.32. The van der Waals surface area contributed by atoms with Gasteiger partial charge in [0, 0.05) is 18.2 Å². The number of benzene rings is 1. The van der Waals surface area contributed by atoms with Crippen molar-refractivity contribution in [2.45, 2.75) is 19.4 Å². The van der Waals surface area contributed by atoms with Gasteiger partial charge in [-0.05, 0) is 44.5 Å². The Balaban J connectivity index is 2.41. The molecule has 2 unspecified atom stereocenters. The number of hydrogen-bond acceptors (Lipinski definition) is 4. The quantitative estimate of drug-likeness (QED) is 0.903. The summed E-state index contributed by atoms with van der Waals surface area (Å²) in [4.78, 5) is 2.36. The van der Waals surface area contributed by atoms with Crippen LogP contribution in [0, 0.1) is 12.8 Å². The molecular weight excluding hydrogens is 240 g/mol. The van der Waals surface area contributed by atoms with Crippen molar-refractivity contribution in [2.75, 3.05) is 34.4 Å². The molecule has 1 aromatic rings. The second-order valence-corrected chi connectivity index (χ2v) is 5.38. The van der Waals surface area contributed by atoms with E-state index < -0.39 is 0 Å². The van der Waals surface area contributed by atoms with E-state index in [4.69, 9.17) is 15.2 Å². The van der Waals surface area contributed by atoms with Gasteiger partial charge in [0.25, 0.3) is 0 Å². The van der Waals surface area contributed by atoms with E-state index in [2.05, 4.69) is 24.9 Å². The normalized spacial score (nSPS) is 23.6. The molecule has 0 spiro atoms. The average Bonchev–Trinajstić information content (AvgIpc) is 2.78. The van der Waals surface area contributed by atoms with Crippen LogP contribution in [0.2, 0.25) is 0 Å². The molecular formula is C15H24N2O2. The van der Waals surface area contributed by atoms with Crippen molar-refractivity contribution in [3.63, 3.8) is 0 Å². The zero-order valence-electron chi connectivity index (χ0n) is 12.3. The summed E-state index contributed by atoms with van der Waals surface area (Å²) in [5.41, 5.74) is 8.21. The predicted molar refractivity (Wildman–Crippen MR) is 76.8 cm³/mol. The lowest BCUT2D eigenvalue weighted by atomic mass is 9.97. The molecule has 2 N–H and O–H groups in total. The number of rotatable bonds is 4. The Labute approximate surface area is 115 Å². The maximum absolute atomic E-state index is 5.81. The van der Waals surface area contributed by atoms with Crippen molar-refractivity contribution in [3.8, 4) is 11.5 Å². The average molecular weight is 264 g/mol. The molecule has 4 heteroatoms. The topological polar surface area (TPSA) is 47.7 Å². The van der Waals surface area contributed by atoms with Crippen LogP contribution in [0.4, 0.5) is 0 Å². The van der Waals surface area contributed by atoms with Crippen LogP contribution in [0.25, 0.3) is 0 Å². The molecule has 19 heavy (non-hydrogen) atoms. The number of ether oxygens (including phenoxy) is 2. The minimum atomic E-state index is 0.359. The Morgan fingerprint density at radius 3 is 2.58 bits per heavy atom. The molecule has 0 aromatic heterocycles. The van der Waals surface area contributed by atoms with Gasteiger partial charge in [0.15, 0.2) is 11.5 Å². The fraction of sp³-hybridized carbons (Fsp3) is 0.600. The Morgan fingerprint density at radius 2 is 2.05 bits per heavy atom. The van der Waals surface area contributed by atoms with E-state index >= 15 is 0 Å². The van der Waals surface area contributed by atoms with Crippen molar-refractivity contribution in [1.29, 1.82) is 0 Å². The summed E-state index contributed by atoms with van der Waals surface area (Å²) in [6, 6.07) is 4.57. The largest absolute Gasteiger partial charge is 0.493 e. The number of nitrogens with zero attached hydrogens (tertiary/aromatic N) is 1. The molecule has 1 saturated heterocycles. The summed E-state index contributed by atoms with van der Waals surface area (Å²) < 4.78 is 11.0. The molecule has 2 atom stereocenters. The molecule has 0 amide bonds. The van der Waals surface area contributed by atoms with Gasteiger partial charge in [-0.3, -0.25) is 4.90 Å². The zero-order chi connectivity index (χ0) is 14.0. The lowest BCUT2D eigenvalue weighted by Gasteiger charge is -2.23. The van der Waals surface area contributed by atoms with Crippen LogP contribution in [-0.4, -0.2) is 39.3 Å². The van der Waals surface area contributed by atoms with Gasteiger partial charge < -0.3 is 15.2 Å². The third-order valence-corrected chi connectivity index (χ3v) is 3.98. The van der Waals surface area contributed by atoms with Crippen molar-refractivity contribution in [2.24, 2.45) is 11.7 Å². The van der Waals surface area contributed by atoms with E-state index in [9.17, 15) is 0 Å². The van der Waals surface area contributed by atoms with Crippen LogP contribution in [0.3, 0.4) is 0 Å². The molecule has 1 aliphatic heterocycles. The number of hydrogen-bond donors (Lipinski definition) is 1. The van der Waals surface area contributed by atoms with Crippen LogP contribution in [-0.2, 0) is 0 Å². The van der Waals surface area contributed by atoms with E-state index in [1.807, 2.05) is 6.07 Å². The van der Waals surface area contributed by atoms with E-state index in [0.717, 1.165) is 31.0 Å². The summed E-state index contributed by atoms with van der Waals surface area (Å²) >= 11 is 0. The van der Waals surface area contributed by atoms with Crippen LogP contribution < -0.4 is 15.2 Å². The van der Waals surface area contributed by atoms with Crippen LogP contribution in [0.1, 0.15) is 23.6 Å². The summed E-state index contributed by atoms with van der Waals surface area (Å²) in [5.74, 6) is 2.22. The molecule has 2 rings (SSSR count). The Hall–Kier alpha value is -1.26. The second kappa shape index (κ2) is 5.80. The molecule has 106 valence electrons. The first-order valence-electron chi connectivity index (χ1n) is 6.73. The summed E-state index contributed by atoms with van der Waals surface area (Å²) in [6.07, 6.45) is 1.08. The van der Waals surface area contributed by atoms with Crippen molar-refractivity contribution < 1.29 is 9.47 Å². The SMILES string of the molecule is COc1cc(C)cc(C2CC(CN)CN2C)c1OC. The number of nitrogens with two attached hydrogens (primary N) is 1. The van der Waals surface area contributed by atoms with Crippen LogP contribution in [0.15, 0.2) is 12.1 Å². The van der Waals surface area contributed by atoms with Gasteiger partial charge in [-0.2, -0.15) is 0 Å². The van der Waals surface area contributed by atoms with Gasteiger partial charge >= 0.3 is 0 Å². The van der Waals surface area contributed by atoms with E-state index in [1.54, 1.807) is 14.2 Å².